The summed E-state index contributed by atoms with van der Waals surface area (Å²) in [7, 11) is 0. The molecular weight excluding hydrogens is 625 g/mol. The van der Waals surface area contributed by atoms with Gasteiger partial charge in [0.25, 0.3) is 5.91 Å². The summed E-state index contributed by atoms with van der Waals surface area (Å²) in [6.45, 7) is 16.0. The lowest BCUT2D eigenvalue weighted by Gasteiger charge is -2.37. The Balaban J connectivity index is 1.56. The van der Waals surface area contributed by atoms with Gasteiger partial charge in [0.15, 0.2) is 0 Å². The molecule has 5 amide bonds. The van der Waals surface area contributed by atoms with Crippen LogP contribution in [0.3, 0.4) is 0 Å². The Bertz CT molecular complexity index is 1300. The number of hydrogen-bond donors (Lipinski definition) is 4. The van der Waals surface area contributed by atoms with Crippen molar-refractivity contribution in [3.63, 3.8) is 0 Å². The van der Waals surface area contributed by atoms with E-state index in [9.17, 15) is 28.8 Å². The highest BCUT2D eigenvalue weighted by atomic mass is 35.5. The monoisotopic (exact) mass is 671 g/mol. The van der Waals surface area contributed by atoms with Crippen molar-refractivity contribution in [2.75, 3.05) is 6.54 Å². The van der Waals surface area contributed by atoms with Crippen molar-refractivity contribution < 1.29 is 33.5 Å². The molecule has 0 radical (unpaired) electrons. The molecule has 252 valence electrons. The minimum atomic E-state index is -1.23. The molecule has 3 unspecified atom stereocenters. The maximum Gasteiger partial charge on any atom is 0.329 e. The zero-order chi connectivity index (χ0) is 34.2. The third-order valence-electron chi connectivity index (χ3n) is 9.31. The van der Waals surface area contributed by atoms with E-state index in [0.717, 1.165) is 12.8 Å². The molecule has 5 N–H and O–H groups in total. The van der Waals surface area contributed by atoms with Gasteiger partial charge in [0.2, 0.25) is 17.6 Å². The first-order valence-corrected chi connectivity index (χ1v) is 16.2. The fourth-order valence-electron chi connectivity index (χ4n) is 6.77. The summed E-state index contributed by atoms with van der Waals surface area (Å²) in [5.74, 6) is -4.02. The van der Waals surface area contributed by atoms with E-state index in [-0.39, 0.29) is 30.7 Å². The Morgan fingerprint density at radius 2 is 1.42 bits per heavy atom. The molecule has 4 rings (SSSR count). The summed E-state index contributed by atoms with van der Waals surface area (Å²) in [5.41, 5.74) is 2.05. The molecule has 12 nitrogen and oxygen atoms in total. The number of likely N-dealkylation sites (tertiary alicyclic amines) is 1. The van der Waals surface area contributed by atoms with Gasteiger partial charge in [0, 0.05) is 17.9 Å². The van der Waals surface area contributed by atoms with Crippen molar-refractivity contribution >= 4 is 58.7 Å². The van der Waals surface area contributed by atoms with Crippen molar-refractivity contribution in [2.24, 2.45) is 39.7 Å². The number of ketones is 1. The molecule has 3 saturated carbocycles. The number of carbonyl (C=O) groups excluding carboxylic acids is 6. The Labute approximate surface area is 274 Å². The van der Waals surface area contributed by atoms with Crippen LogP contribution in [0, 0.1) is 34.0 Å². The van der Waals surface area contributed by atoms with Crippen molar-refractivity contribution in [1.29, 1.82) is 0 Å². The Morgan fingerprint density at radius 1 is 0.889 bits per heavy atom. The number of rotatable bonds is 10. The molecule has 45 heavy (non-hydrogen) atoms. The summed E-state index contributed by atoms with van der Waals surface area (Å²) in [6, 6.07) is -5.18. The van der Waals surface area contributed by atoms with E-state index in [4.69, 9.17) is 33.7 Å². The highest BCUT2D eigenvalue weighted by molar-refractivity contribution is 6.53. The second-order valence-corrected chi connectivity index (χ2v) is 17.6. The molecule has 0 aromatic rings. The Hall–Kier alpha value is -2.60. The quantitative estimate of drug-likeness (QED) is 0.157. The number of nitrogens with one attached hydrogen (secondary N) is 3. The molecular formula is C31H47Cl2N5O7. The normalized spacial score (nSPS) is 28.4. The summed E-state index contributed by atoms with van der Waals surface area (Å²) in [6.07, 6.45) is 2.01. The van der Waals surface area contributed by atoms with Crippen LogP contribution in [0.5, 0.6) is 0 Å². The molecule has 4 fully saturated rings. The number of nitrogens with zero attached hydrogens (tertiary/aromatic N) is 1. The van der Waals surface area contributed by atoms with Crippen molar-refractivity contribution in [2.45, 2.75) is 116 Å². The van der Waals surface area contributed by atoms with Gasteiger partial charge in [-0.1, -0.05) is 54.4 Å². The van der Waals surface area contributed by atoms with Crippen LogP contribution in [0.15, 0.2) is 0 Å². The number of urea groups is 1. The molecule has 0 aromatic heterocycles. The molecule has 0 bridgehead atoms. The highest BCUT2D eigenvalue weighted by Gasteiger charge is 3.01. The highest BCUT2D eigenvalue weighted by Crippen LogP contribution is 2.94. The molecule has 0 aromatic carbocycles. The van der Waals surface area contributed by atoms with E-state index in [1.165, 1.54) is 4.90 Å². The van der Waals surface area contributed by atoms with E-state index in [1.54, 1.807) is 62.3 Å². The topological polar surface area (TPSA) is 177 Å². The molecule has 14 heteroatoms. The van der Waals surface area contributed by atoms with Gasteiger partial charge in [0.1, 0.15) is 28.1 Å². The lowest BCUT2D eigenvalue weighted by molar-refractivity contribution is -0.160. The van der Waals surface area contributed by atoms with Crippen molar-refractivity contribution in [3.8, 4) is 0 Å². The lowest BCUT2D eigenvalue weighted by atomic mass is 9.85. The maximum absolute atomic E-state index is 14.3. The molecule has 1 spiro atoms. The first-order chi connectivity index (χ1) is 20.4. The predicted molar refractivity (Wildman–Crippen MR) is 167 cm³/mol. The molecule has 1 heterocycles. The largest absolute Gasteiger partial charge is 0.458 e. The van der Waals surface area contributed by atoms with Crippen LogP contribution in [0.2, 0.25) is 0 Å². The fraction of sp³-hybridized carbons (Fsp3) is 0.806. The number of alkyl halides is 2. The number of fused-ring (bicyclic) bond motifs is 1. The van der Waals surface area contributed by atoms with Crippen LogP contribution in [-0.2, 0) is 28.7 Å². The van der Waals surface area contributed by atoms with E-state index < -0.39 is 85.9 Å². The van der Waals surface area contributed by atoms with Gasteiger partial charge in [-0.05, 0) is 49.9 Å². The van der Waals surface area contributed by atoms with Crippen molar-refractivity contribution in [1.82, 2.24) is 20.9 Å². The number of carbonyl (C=O) groups is 6. The SMILES string of the molecule is CC(C)(C)OC(=O)[C@@H](NC(=O)N[C@H](C(=O)N1C[C@@H]2C3C(Cl)(Cl)C32[C@H]1C(=O)NC(CC1CC1)C(=O)C(N)=O)C(C)(C)C)C(C)(C)C. The molecule has 1 saturated heterocycles. The van der Waals surface area contributed by atoms with Crippen LogP contribution < -0.4 is 21.7 Å². The molecule has 7 atom stereocenters. The zero-order valence-electron chi connectivity index (χ0n) is 27.5. The second kappa shape index (κ2) is 11.3. The molecule has 3 aliphatic carbocycles. The lowest BCUT2D eigenvalue weighted by Crippen LogP contribution is -2.62. The first kappa shape index (κ1) is 35.3. The number of Topliss-reactive ketones (excluding diaryl/α,β-unsaturated/α-hetero) is 1. The van der Waals surface area contributed by atoms with E-state index in [2.05, 4.69) is 16.0 Å². The number of amides is 5. The average molecular weight is 673 g/mol. The Kier molecular flexibility index (Phi) is 8.84. The Morgan fingerprint density at radius 3 is 1.87 bits per heavy atom. The van der Waals surface area contributed by atoms with Gasteiger partial charge in [-0.3, -0.25) is 19.2 Å². The van der Waals surface area contributed by atoms with Crippen LogP contribution in [-0.4, -0.2) is 81.1 Å². The average Bonchev–Trinajstić information content (AvgIpc) is 3.81. The third kappa shape index (κ3) is 6.64. The van der Waals surface area contributed by atoms with Gasteiger partial charge >= 0.3 is 12.0 Å². The molecule has 1 aliphatic heterocycles. The predicted octanol–water partition coefficient (Wildman–Crippen LogP) is 2.43. The van der Waals surface area contributed by atoms with Crippen LogP contribution >= 0.6 is 23.2 Å². The number of halogens is 2. The number of nitrogens with two attached hydrogens (primary N) is 1. The summed E-state index contributed by atoms with van der Waals surface area (Å²) in [5, 5.41) is 8.10. The fourth-order valence-corrected chi connectivity index (χ4v) is 8.05. The van der Waals surface area contributed by atoms with Crippen LogP contribution in [0.4, 0.5) is 4.79 Å². The maximum atomic E-state index is 14.3. The number of hydrogen-bond acceptors (Lipinski definition) is 7. The summed E-state index contributed by atoms with van der Waals surface area (Å²) >= 11 is 13.2. The van der Waals surface area contributed by atoms with Crippen molar-refractivity contribution in [3.05, 3.63) is 0 Å². The van der Waals surface area contributed by atoms with Crippen LogP contribution in [0.25, 0.3) is 0 Å². The summed E-state index contributed by atoms with van der Waals surface area (Å²) in [4.78, 5) is 80.4. The van der Waals surface area contributed by atoms with Gasteiger partial charge in [0.05, 0.1) is 6.04 Å². The van der Waals surface area contributed by atoms with Gasteiger partial charge < -0.3 is 31.3 Å². The first-order valence-electron chi connectivity index (χ1n) is 15.5. The standard InChI is InChI=1S/C31H47Cl2N5O7/c1-27(2,3)19(36-26(44)37-20(28(4,5)6)25(43)45-29(7,8)9)24(42)38-13-15-18-30(15,31(18,32)33)21(38)23(41)35-16(12-14-10-11-14)17(39)22(34)40/h14-16,18-21H,10-13H2,1-9H3,(H2,34,40)(H,35,41)(H2,36,37,44)/t15-,16?,18?,19-,20-,21-,30?/m1/s1. The smallest absolute Gasteiger partial charge is 0.329 e. The van der Waals surface area contributed by atoms with Gasteiger partial charge in [-0.2, -0.15) is 0 Å². The van der Waals surface area contributed by atoms with Gasteiger partial charge in [-0.25, -0.2) is 9.59 Å². The summed E-state index contributed by atoms with van der Waals surface area (Å²) < 4.78 is 4.30. The zero-order valence-corrected chi connectivity index (χ0v) is 29.0. The third-order valence-corrected chi connectivity index (χ3v) is 10.4. The van der Waals surface area contributed by atoms with E-state index in [0.29, 0.717) is 0 Å². The second-order valence-electron chi connectivity index (χ2n) is 16.3. The van der Waals surface area contributed by atoms with Gasteiger partial charge in [-0.15, -0.1) is 23.2 Å². The van der Waals surface area contributed by atoms with E-state index in [1.807, 2.05) is 0 Å². The minimum absolute atomic E-state index is 0.132. The van der Waals surface area contributed by atoms with E-state index >= 15 is 0 Å². The van der Waals surface area contributed by atoms with Crippen LogP contribution in [0.1, 0.15) is 81.6 Å². The number of primary amides is 1. The number of ether oxygens (including phenoxy) is 1. The number of piperidine rings is 1. The number of esters is 1. The molecule has 4 aliphatic rings. The minimum Gasteiger partial charge on any atom is -0.458 e.